The van der Waals surface area contributed by atoms with Gasteiger partial charge in [0.15, 0.2) is 0 Å². The maximum absolute atomic E-state index is 6.36. The second kappa shape index (κ2) is 7.61. The fourth-order valence-electron chi connectivity index (χ4n) is 5.20. The molecule has 5 aromatic rings. The quantitative estimate of drug-likeness (QED) is 0.266. The van der Waals surface area contributed by atoms with Crippen LogP contribution in [0.4, 0.5) is 0 Å². The largest absolute Gasteiger partial charge is 0.494 e. The van der Waals surface area contributed by atoms with E-state index in [0.717, 1.165) is 44.5 Å². The van der Waals surface area contributed by atoms with Crippen LogP contribution in [0, 0.1) is 6.92 Å². The van der Waals surface area contributed by atoms with Crippen molar-refractivity contribution in [2.75, 3.05) is 0 Å². The summed E-state index contributed by atoms with van der Waals surface area (Å²) in [7, 11) is -0.396. The van der Waals surface area contributed by atoms with Crippen LogP contribution < -0.4 is 5.46 Å². The van der Waals surface area contributed by atoms with Crippen LogP contribution in [0.1, 0.15) is 45.9 Å². The van der Waals surface area contributed by atoms with E-state index in [1.807, 2.05) is 19.9 Å². The number of furan rings is 1. The lowest BCUT2D eigenvalue weighted by Gasteiger charge is -2.32. The van der Waals surface area contributed by atoms with Crippen LogP contribution in [0.3, 0.4) is 0 Å². The Morgan fingerprint density at radius 3 is 2.29 bits per heavy atom. The van der Waals surface area contributed by atoms with Crippen molar-refractivity contribution in [3.8, 4) is 5.69 Å². The molecule has 176 valence electrons. The molecule has 0 unspecified atom stereocenters. The van der Waals surface area contributed by atoms with E-state index in [0.29, 0.717) is 0 Å². The van der Waals surface area contributed by atoms with Gasteiger partial charge in [0.2, 0.25) is 0 Å². The minimum atomic E-state index is -0.396. The summed E-state index contributed by atoms with van der Waals surface area (Å²) in [6.45, 7) is 12.4. The van der Waals surface area contributed by atoms with E-state index in [1.165, 1.54) is 10.8 Å². The predicted octanol–water partition coefficient (Wildman–Crippen LogP) is 7.17. The van der Waals surface area contributed by atoms with E-state index < -0.39 is 7.12 Å². The summed E-state index contributed by atoms with van der Waals surface area (Å²) in [6.07, 6.45) is 4.20. The van der Waals surface area contributed by atoms with E-state index >= 15 is 0 Å². The molecular weight excluding hydrogens is 433 g/mol. The monoisotopic (exact) mass is 463 g/mol. The van der Waals surface area contributed by atoms with Gasteiger partial charge in [-0.2, -0.15) is 0 Å². The van der Waals surface area contributed by atoms with Gasteiger partial charge in [0.05, 0.1) is 33.3 Å². The number of benzene rings is 3. The summed E-state index contributed by atoms with van der Waals surface area (Å²) in [4.78, 5) is 0. The molecule has 1 fully saturated rings. The van der Waals surface area contributed by atoms with Gasteiger partial charge < -0.3 is 18.3 Å². The number of nitrogens with zero attached hydrogens (tertiary/aromatic N) is 1. The Morgan fingerprint density at radius 1 is 0.829 bits per heavy atom. The van der Waals surface area contributed by atoms with Crippen molar-refractivity contribution < 1.29 is 13.7 Å². The third kappa shape index (κ3) is 3.22. The highest BCUT2D eigenvalue weighted by molar-refractivity contribution is 6.62. The highest BCUT2D eigenvalue weighted by Crippen LogP contribution is 2.39. The van der Waals surface area contributed by atoms with Crippen molar-refractivity contribution in [1.29, 1.82) is 0 Å². The van der Waals surface area contributed by atoms with E-state index in [4.69, 9.17) is 13.7 Å². The van der Waals surface area contributed by atoms with Gasteiger partial charge in [-0.3, -0.25) is 0 Å². The average Bonchev–Trinajstić information content (AvgIpc) is 3.40. The van der Waals surface area contributed by atoms with Gasteiger partial charge in [-0.05, 0) is 71.3 Å². The predicted molar refractivity (Wildman–Crippen MR) is 146 cm³/mol. The first-order valence-corrected chi connectivity index (χ1v) is 12.3. The summed E-state index contributed by atoms with van der Waals surface area (Å²) in [5, 5.41) is 3.50. The van der Waals surface area contributed by atoms with E-state index in [-0.39, 0.29) is 11.2 Å². The average molecular weight is 463 g/mol. The first-order valence-electron chi connectivity index (χ1n) is 12.3. The molecule has 4 nitrogen and oxygen atoms in total. The molecule has 1 saturated heterocycles. The summed E-state index contributed by atoms with van der Waals surface area (Å²) in [6, 6.07) is 21.4. The summed E-state index contributed by atoms with van der Waals surface area (Å²) in [5.41, 5.74) is 5.71. The first-order chi connectivity index (χ1) is 16.7. The Kier molecular flexibility index (Phi) is 4.83. The Labute approximate surface area is 206 Å². The molecule has 6 rings (SSSR count). The number of fused-ring (bicyclic) bond motifs is 4. The van der Waals surface area contributed by atoms with Crippen molar-refractivity contribution >= 4 is 51.4 Å². The molecule has 0 bridgehead atoms. The minimum Gasteiger partial charge on any atom is -0.461 e. The molecule has 1 aliphatic heterocycles. The number of rotatable bonds is 3. The Hall–Kier alpha value is -3.28. The van der Waals surface area contributed by atoms with Gasteiger partial charge >= 0.3 is 7.12 Å². The number of allylic oxidation sites excluding steroid dienone is 1. The zero-order valence-electron chi connectivity index (χ0n) is 21.2. The molecule has 2 aromatic heterocycles. The van der Waals surface area contributed by atoms with Crippen LogP contribution in [0.2, 0.25) is 0 Å². The molecule has 35 heavy (non-hydrogen) atoms. The molecule has 3 aromatic carbocycles. The van der Waals surface area contributed by atoms with Gasteiger partial charge in [0, 0.05) is 16.3 Å². The van der Waals surface area contributed by atoms with Crippen molar-refractivity contribution in [2.45, 2.75) is 52.7 Å². The van der Waals surface area contributed by atoms with Crippen LogP contribution in [0.5, 0.6) is 0 Å². The molecule has 3 heterocycles. The third-order valence-corrected chi connectivity index (χ3v) is 7.71. The molecule has 0 spiro atoms. The molecule has 0 aliphatic carbocycles. The molecule has 0 amide bonds. The number of hydrogen-bond donors (Lipinski definition) is 0. The van der Waals surface area contributed by atoms with E-state index in [1.54, 1.807) is 0 Å². The third-order valence-electron chi connectivity index (χ3n) is 7.71. The Morgan fingerprint density at radius 2 is 1.54 bits per heavy atom. The lowest BCUT2D eigenvalue weighted by Crippen LogP contribution is -2.41. The van der Waals surface area contributed by atoms with Crippen molar-refractivity contribution in [2.24, 2.45) is 0 Å². The van der Waals surface area contributed by atoms with Gasteiger partial charge in [0.1, 0.15) is 11.3 Å². The maximum Gasteiger partial charge on any atom is 0.494 e. The summed E-state index contributed by atoms with van der Waals surface area (Å²) in [5.74, 6) is 0.925. The molecule has 0 N–H and O–H groups in total. The van der Waals surface area contributed by atoms with Crippen LogP contribution in [0.15, 0.2) is 71.2 Å². The van der Waals surface area contributed by atoms with Gasteiger partial charge in [-0.25, -0.2) is 0 Å². The van der Waals surface area contributed by atoms with Crippen LogP contribution in [0.25, 0.3) is 44.5 Å². The zero-order valence-corrected chi connectivity index (χ0v) is 21.2. The summed E-state index contributed by atoms with van der Waals surface area (Å²) < 4.78 is 21.2. The number of hydrogen-bond acceptors (Lipinski definition) is 3. The smallest absolute Gasteiger partial charge is 0.461 e. The summed E-state index contributed by atoms with van der Waals surface area (Å²) >= 11 is 0. The number of para-hydroxylation sites is 1. The zero-order chi connectivity index (χ0) is 24.5. The second-order valence-electron chi connectivity index (χ2n) is 10.4. The highest BCUT2D eigenvalue weighted by atomic mass is 16.7. The van der Waals surface area contributed by atoms with Crippen LogP contribution in [-0.2, 0) is 9.31 Å². The molecular formula is C30H30BNO3. The molecule has 1 aliphatic rings. The maximum atomic E-state index is 6.36. The second-order valence-corrected chi connectivity index (χ2v) is 10.4. The number of aromatic nitrogens is 1. The SMILES string of the molecule is C/C=C\c1c(C)oc2cccc(-n3c4ccccc4c4cc(B5OC(C)(C)C(C)(C)O5)ccc43)c12. The van der Waals surface area contributed by atoms with Crippen molar-refractivity contribution in [3.05, 3.63) is 78.1 Å². The minimum absolute atomic E-state index is 0.376. The topological polar surface area (TPSA) is 36.5 Å². The standard InChI is InChI=1S/C30H30BNO3/c1-7-11-21-19(2)33-27-15-10-14-26(28(21)27)32-24-13-9-8-12-22(24)23-18-20(16-17-25(23)32)31-34-29(3,4)30(5,6)35-31/h7-18H,1-6H3/b11-7-. The van der Waals surface area contributed by atoms with E-state index in [2.05, 4.69) is 99.0 Å². The number of aryl methyl sites for hydroxylation is 1. The van der Waals surface area contributed by atoms with Crippen LogP contribution >= 0.6 is 0 Å². The van der Waals surface area contributed by atoms with Gasteiger partial charge in [-0.15, -0.1) is 0 Å². The van der Waals surface area contributed by atoms with E-state index in [9.17, 15) is 0 Å². The molecule has 5 heteroatoms. The molecule has 0 radical (unpaired) electrons. The van der Waals surface area contributed by atoms with Gasteiger partial charge in [0.25, 0.3) is 0 Å². The van der Waals surface area contributed by atoms with Crippen molar-refractivity contribution in [3.63, 3.8) is 0 Å². The fraction of sp³-hybridized carbons (Fsp3) is 0.267. The van der Waals surface area contributed by atoms with Crippen LogP contribution in [-0.4, -0.2) is 22.9 Å². The molecule has 0 saturated carbocycles. The lowest BCUT2D eigenvalue weighted by atomic mass is 9.78. The molecule has 0 atom stereocenters. The van der Waals surface area contributed by atoms with Crippen molar-refractivity contribution in [1.82, 2.24) is 4.57 Å². The fourth-order valence-corrected chi connectivity index (χ4v) is 5.20. The highest BCUT2D eigenvalue weighted by Gasteiger charge is 2.51. The lowest BCUT2D eigenvalue weighted by molar-refractivity contribution is 0.00578. The first kappa shape index (κ1) is 22.2. The normalized spacial score (nSPS) is 17.5. The Balaban J connectivity index is 1.62. The Bertz CT molecular complexity index is 1620. The van der Waals surface area contributed by atoms with Gasteiger partial charge in [-0.1, -0.05) is 48.6 Å².